The molecule has 0 spiro atoms. The minimum absolute atomic E-state index is 0.166. The predicted molar refractivity (Wildman–Crippen MR) is 90.6 cm³/mol. The molecule has 0 saturated carbocycles. The Morgan fingerprint density at radius 1 is 1.33 bits per heavy atom. The highest BCUT2D eigenvalue weighted by atomic mass is 16.5. The zero-order chi connectivity index (χ0) is 16.9. The Balaban J connectivity index is 1.68. The number of aliphatic hydroxyl groups excluding tert-OH is 1. The highest BCUT2D eigenvalue weighted by molar-refractivity contribution is 5.55. The van der Waals surface area contributed by atoms with Crippen molar-refractivity contribution in [3.8, 4) is 17.1 Å². The van der Waals surface area contributed by atoms with Crippen LogP contribution in [0.25, 0.3) is 11.4 Å². The maximum atomic E-state index is 9.64. The maximum Gasteiger partial charge on any atom is 0.241 e. The lowest BCUT2D eigenvalue weighted by Gasteiger charge is -2.38. The Morgan fingerprint density at radius 2 is 2.12 bits per heavy atom. The summed E-state index contributed by atoms with van der Waals surface area (Å²) in [6.45, 7) is 6.50. The number of hydrogen-bond donors (Lipinski definition) is 1. The van der Waals surface area contributed by atoms with Crippen molar-refractivity contribution in [2.24, 2.45) is 5.92 Å². The third-order valence-corrected chi connectivity index (χ3v) is 4.65. The van der Waals surface area contributed by atoms with E-state index in [-0.39, 0.29) is 12.6 Å². The number of hydrogen-bond acceptors (Lipinski definition) is 6. The number of aromatic nitrogens is 2. The van der Waals surface area contributed by atoms with E-state index >= 15 is 0 Å². The molecule has 6 nitrogen and oxygen atoms in total. The standard InChI is InChI=1S/C18H25N3O3/c1-3-23-15-8-6-14(7-9-15)18-19-17(24-20-18)11-21-10-4-5-13(2)16(21)12-22/h6-9,13,16,22H,3-5,10-12H2,1-2H3. The van der Waals surface area contributed by atoms with Crippen molar-refractivity contribution in [2.75, 3.05) is 19.8 Å². The van der Waals surface area contributed by atoms with Crippen LogP contribution in [0.3, 0.4) is 0 Å². The van der Waals surface area contributed by atoms with Gasteiger partial charge in [-0.2, -0.15) is 4.98 Å². The number of piperidine rings is 1. The third kappa shape index (κ3) is 3.76. The van der Waals surface area contributed by atoms with Crippen LogP contribution in [0.2, 0.25) is 0 Å². The number of ether oxygens (including phenoxy) is 1. The van der Waals surface area contributed by atoms with Gasteiger partial charge in [0.05, 0.1) is 19.8 Å². The molecule has 1 aliphatic heterocycles. The molecule has 0 aliphatic carbocycles. The Hall–Kier alpha value is -1.92. The summed E-state index contributed by atoms with van der Waals surface area (Å²) < 4.78 is 10.9. The van der Waals surface area contributed by atoms with Gasteiger partial charge in [-0.15, -0.1) is 0 Å². The van der Waals surface area contributed by atoms with Crippen LogP contribution in [-0.2, 0) is 6.54 Å². The van der Waals surface area contributed by atoms with E-state index in [0.717, 1.165) is 30.7 Å². The maximum absolute atomic E-state index is 9.64. The van der Waals surface area contributed by atoms with Gasteiger partial charge in [0.2, 0.25) is 11.7 Å². The van der Waals surface area contributed by atoms with Crippen molar-refractivity contribution in [1.82, 2.24) is 15.0 Å². The number of likely N-dealkylation sites (tertiary alicyclic amines) is 1. The Labute approximate surface area is 142 Å². The normalized spacial score (nSPS) is 21.8. The lowest BCUT2D eigenvalue weighted by molar-refractivity contribution is 0.0400. The SMILES string of the molecule is CCOc1ccc(-c2noc(CN3CCCC(C)C3CO)n2)cc1. The molecule has 1 fully saturated rings. The predicted octanol–water partition coefficient (Wildman–Crippen LogP) is 2.73. The summed E-state index contributed by atoms with van der Waals surface area (Å²) in [4.78, 5) is 6.74. The van der Waals surface area contributed by atoms with Crippen LogP contribution >= 0.6 is 0 Å². The van der Waals surface area contributed by atoms with E-state index in [1.54, 1.807) is 0 Å². The largest absolute Gasteiger partial charge is 0.494 e. The molecule has 1 N–H and O–H groups in total. The molecular formula is C18H25N3O3. The highest BCUT2D eigenvalue weighted by Crippen LogP contribution is 2.25. The zero-order valence-corrected chi connectivity index (χ0v) is 14.3. The Bertz CT molecular complexity index is 641. The molecule has 1 aliphatic rings. The molecule has 130 valence electrons. The first-order valence-corrected chi connectivity index (χ1v) is 8.62. The van der Waals surface area contributed by atoms with E-state index < -0.39 is 0 Å². The molecule has 0 radical (unpaired) electrons. The molecule has 0 amide bonds. The summed E-state index contributed by atoms with van der Waals surface area (Å²) in [7, 11) is 0. The van der Waals surface area contributed by atoms with Crippen molar-refractivity contribution < 1.29 is 14.4 Å². The van der Waals surface area contributed by atoms with Crippen LogP contribution in [0.1, 0.15) is 32.6 Å². The Kier molecular flexibility index (Phi) is 5.48. The van der Waals surface area contributed by atoms with Gasteiger partial charge in [-0.05, 0) is 56.5 Å². The summed E-state index contributed by atoms with van der Waals surface area (Å²) in [6.07, 6.45) is 2.29. The van der Waals surface area contributed by atoms with E-state index in [4.69, 9.17) is 9.26 Å². The van der Waals surface area contributed by atoms with Gasteiger partial charge >= 0.3 is 0 Å². The van der Waals surface area contributed by atoms with Crippen molar-refractivity contribution in [3.05, 3.63) is 30.2 Å². The fourth-order valence-electron chi connectivity index (χ4n) is 3.30. The molecule has 0 bridgehead atoms. The molecule has 6 heteroatoms. The van der Waals surface area contributed by atoms with Crippen molar-refractivity contribution in [3.63, 3.8) is 0 Å². The van der Waals surface area contributed by atoms with Gasteiger partial charge in [0, 0.05) is 11.6 Å². The van der Waals surface area contributed by atoms with E-state index in [9.17, 15) is 5.11 Å². The highest BCUT2D eigenvalue weighted by Gasteiger charge is 2.29. The van der Waals surface area contributed by atoms with Crippen LogP contribution in [-0.4, -0.2) is 45.9 Å². The second-order valence-electron chi connectivity index (χ2n) is 6.31. The van der Waals surface area contributed by atoms with Gasteiger partial charge in [0.1, 0.15) is 5.75 Å². The van der Waals surface area contributed by atoms with Gasteiger partial charge in [0.25, 0.3) is 0 Å². The van der Waals surface area contributed by atoms with Crippen LogP contribution in [0.15, 0.2) is 28.8 Å². The topological polar surface area (TPSA) is 71.6 Å². The molecule has 2 heterocycles. The fourth-order valence-corrected chi connectivity index (χ4v) is 3.30. The summed E-state index contributed by atoms with van der Waals surface area (Å²) >= 11 is 0. The second-order valence-corrected chi connectivity index (χ2v) is 6.31. The van der Waals surface area contributed by atoms with Crippen molar-refractivity contribution in [2.45, 2.75) is 39.3 Å². The van der Waals surface area contributed by atoms with Crippen LogP contribution in [0.4, 0.5) is 0 Å². The number of aliphatic hydroxyl groups is 1. The lowest BCUT2D eigenvalue weighted by Crippen LogP contribution is -2.46. The third-order valence-electron chi connectivity index (χ3n) is 4.65. The van der Waals surface area contributed by atoms with Crippen molar-refractivity contribution >= 4 is 0 Å². The van der Waals surface area contributed by atoms with Gasteiger partial charge in [0.15, 0.2) is 0 Å². The van der Waals surface area contributed by atoms with Crippen molar-refractivity contribution in [1.29, 1.82) is 0 Å². The van der Waals surface area contributed by atoms with E-state index in [1.807, 2.05) is 31.2 Å². The number of nitrogens with zero attached hydrogens (tertiary/aromatic N) is 3. The summed E-state index contributed by atoms with van der Waals surface area (Å²) in [5.74, 6) is 2.49. The number of rotatable bonds is 6. The van der Waals surface area contributed by atoms with E-state index in [1.165, 1.54) is 0 Å². The van der Waals surface area contributed by atoms with E-state index in [2.05, 4.69) is 22.0 Å². The fraction of sp³-hybridized carbons (Fsp3) is 0.556. The molecule has 1 aromatic carbocycles. The van der Waals surface area contributed by atoms with Gasteiger partial charge in [-0.25, -0.2) is 0 Å². The van der Waals surface area contributed by atoms with Crippen LogP contribution < -0.4 is 4.74 Å². The van der Waals surface area contributed by atoms with E-state index in [0.29, 0.717) is 30.8 Å². The average molecular weight is 331 g/mol. The van der Waals surface area contributed by atoms with Gasteiger partial charge in [-0.3, -0.25) is 4.90 Å². The average Bonchev–Trinajstić information content (AvgIpc) is 3.05. The zero-order valence-electron chi connectivity index (χ0n) is 14.3. The molecule has 2 unspecified atom stereocenters. The lowest BCUT2D eigenvalue weighted by atomic mass is 9.91. The summed E-state index contributed by atoms with van der Waals surface area (Å²) in [6, 6.07) is 7.84. The first kappa shape index (κ1) is 16.9. The molecular weight excluding hydrogens is 306 g/mol. The Morgan fingerprint density at radius 3 is 2.83 bits per heavy atom. The first-order valence-electron chi connectivity index (χ1n) is 8.62. The molecule has 1 saturated heterocycles. The molecule has 24 heavy (non-hydrogen) atoms. The van der Waals surface area contributed by atoms with Crippen LogP contribution in [0.5, 0.6) is 5.75 Å². The van der Waals surface area contributed by atoms with Crippen LogP contribution in [0, 0.1) is 5.92 Å². The smallest absolute Gasteiger partial charge is 0.241 e. The minimum Gasteiger partial charge on any atom is -0.494 e. The molecule has 1 aromatic heterocycles. The number of benzene rings is 1. The first-order chi connectivity index (χ1) is 11.7. The van der Waals surface area contributed by atoms with Gasteiger partial charge < -0.3 is 14.4 Å². The quantitative estimate of drug-likeness (QED) is 0.877. The summed E-state index contributed by atoms with van der Waals surface area (Å²) in [5.41, 5.74) is 0.902. The van der Waals surface area contributed by atoms with Gasteiger partial charge in [-0.1, -0.05) is 12.1 Å². The minimum atomic E-state index is 0.166. The monoisotopic (exact) mass is 331 g/mol. The molecule has 3 rings (SSSR count). The second kappa shape index (κ2) is 7.77. The summed E-state index contributed by atoms with van der Waals surface area (Å²) in [5, 5.41) is 13.7. The molecule has 2 atom stereocenters. The molecule has 2 aromatic rings.